The van der Waals surface area contributed by atoms with E-state index in [1.165, 1.54) is 38.5 Å². The van der Waals surface area contributed by atoms with E-state index in [2.05, 4.69) is 6.92 Å². The second-order valence-corrected chi connectivity index (χ2v) is 7.36. The molecule has 0 aromatic heterocycles. The molecule has 0 aliphatic carbocycles. The van der Waals surface area contributed by atoms with Crippen molar-refractivity contribution < 1.29 is 33.1 Å². The fourth-order valence-corrected chi connectivity index (χ4v) is 2.94. The Morgan fingerprint density at radius 2 is 1.21 bits per heavy atom. The van der Waals surface area contributed by atoms with Gasteiger partial charge >= 0.3 is 5.97 Å². The number of carboxylic acid groups (broad SMARTS) is 1. The fourth-order valence-electron chi connectivity index (χ4n) is 2.22. The van der Waals surface area contributed by atoms with Crippen LogP contribution in [0.5, 0.6) is 0 Å². The van der Waals surface area contributed by atoms with Gasteiger partial charge in [-0.2, -0.15) is 8.42 Å². The van der Waals surface area contributed by atoms with Crippen LogP contribution in [0.3, 0.4) is 0 Å². The van der Waals surface area contributed by atoms with Gasteiger partial charge in [-0.25, -0.2) is 0 Å². The van der Waals surface area contributed by atoms with Crippen LogP contribution in [-0.4, -0.2) is 52.7 Å². The highest BCUT2D eigenvalue weighted by atomic mass is 32.2. The Morgan fingerprint density at radius 3 is 1.50 bits per heavy atom. The maximum absolute atomic E-state index is 10.8. The van der Waals surface area contributed by atoms with E-state index in [0.717, 1.165) is 19.3 Å². The number of unbranched alkanes of at least 4 members (excludes halogenated alkanes) is 9. The molecular weight excluding hydrogens is 336 g/mol. The SMILES string of the molecule is CCCCCCCCCCCCC(C(=O)O)S(=O)(=O)O.OCCO. The lowest BCUT2D eigenvalue weighted by atomic mass is 10.1. The largest absolute Gasteiger partial charge is 0.480 e. The van der Waals surface area contributed by atoms with Crippen LogP contribution in [0, 0.1) is 0 Å². The zero-order valence-electron chi connectivity index (χ0n) is 14.7. The Bertz CT molecular complexity index is 380. The van der Waals surface area contributed by atoms with Crippen molar-refractivity contribution in [1.29, 1.82) is 0 Å². The third-order valence-corrected chi connectivity index (χ3v) is 4.71. The Hall–Kier alpha value is -0.700. The summed E-state index contributed by atoms with van der Waals surface area (Å²) in [5.41, 5.74) is 0. The molecule has 0 saturated carbocycles. The van der Waals surface area contributed by atoms with Gasteiger partial charge in [0.1, 0.15) is 0 Å². The second-order valence-electron chi connectivity index (χ2n) is 5.76. The maximum atomic E-state index is 10.8. The van der Waals surface area contributed by atoms with Crippen LogP contribution < -0.4 is 0 Å². The van der Waals surface area contributed by atoms with Crippen molar-refractivity contribution in [3.63, 3.8) is 0 Å². The normalized spacial score (nSPS) is 12.3. The molecule has 0 radical (unpaired) electrons. The van der Waals surface area contributed by atoms with Gasteiger partial charge in [0.2, 0.25) is 0 Å². The second kappa shape index (κ2) is 17.1. The summed E-state index contributed by atoms with van der Waals surface area (Å²) in [5, 5.41) is 22.3. The summed E-state index contributed by atoms with van der Waals surface area (Å²) in [6.07, 6.45) is 11.0. The molecule has 8 heteroatoms. The van der Waals surface area contributed by atoms with Gasteiger partial charge < -0.3 is 15.3 Å². The predicted molar refractivity (Wildman–Crippen MR) is 93.6 cm³/mol. The first-order valence-electron chi connectivity index (χ1n) is 8.72. The van der Waals surface area contributed by atoms with Crippen LogP contribution in [0.15, 0.2) is 0 Å². The van der Waals surface area contributed by atoms with E-state index in [1.54, 1.807) is 0 Å². The van der Waals surface area contributed by atoms with Gasteiger partial charge in [0.15, 0.2) is 5.25 Å². The molecule has 0 amide bonds. The van der Waals surface area contributed by atoms with Crippen molar-refractivity contribution in [3.05, 3.63) is 0 Å². The summed E-state index contributed by atoms with van der Waals surface area (Å²) in [6, 6.07) is 0. The van der Waals surface area contributed by atoms with Crippen molar-refractivity contribution >= 4 is 16.1 Å². The monoisotopic (exact) mass is 370 g/mol. The molecule has 0 fully saturated rings. The van der Waals surface area contributed by atoms with E-state index in [-0.39, 0.29) is 19.6 Å². The molecule has 0 aliphatic rings. The van der Waals surface area contributed by atoms with Crippen molar-refractivity contribution in [2.24, 2.45) is 0 Å². The molecular formula is C16H34O7S. The van der Waals surface area contributed by atoms with Crippen LogP contribution in [0.2, 0.25) is 0 Å². The van der Waals surface area contributed by atoms with Gasteiger partial charge in [0, 0.05) is 0 Å². The Kier molecular flexibility index (Phi) is 18.2. The molecule has 1 unspecified atom stereocenters. The molecule has 0 rings (SSSR count). The van der Waals surface area contributed by atoms with E-state index in [1.807, 2.05) is 0 Å². The maximum Gasteiger partial charge on any atom is 0.324 e. The number of carbonyl (C=O) groups is 1. The quantitative estimate of drug-likeness (QED) is 0.273. The average Bonchev–Trinajstić information content (AvgIpc) is 2.51. The predicted octanol–water partition coefficient (Wildman–Crippen LogP) is 2.61. The number of aliphatic hydroxyl groups is 2. The van der Waals surface area contributed by atoms with Crippen LogP contribution in [0.25, 0.3) is 0 Å². The Balaban J connectivity index is 0. The zero-order chi connectivity index (χ0) is 18.8. The van der Waals surface area contributed by atoms with E-state index in [9.17, 15) is 13.2 Å². The first-order chi connectivity index (χ1) is 11.3. The number of carboxylic acids is 1. The van der Waals surface area contributed by atoms with Crippen LogP contribution in [0.4, 0.5) is 0 Å². The molecule has 7 nitrogen and oxygen atoms in total. The molecule has 0 aromatic rings. The molecule has 0 spiro atoms. The highest BCUT2D eigenvalue weighted by molar-refractivity contribution is 7.87. The molecule has 0 saturated heterocycles. The Labute approximate surface area is 145 Å². The minimum Gasteiger partial charge on any atom is -0.480 e. The summed E-state index contributed by atoms with van der Waals surface area (Å²) in [6.45, 7) is 1.94. The molecule has 4 N–H and O–H groups in total. The van der Waals surface area contributed by atoms with E-state index >= 15 is 0 Å². The third kappa shape index (κ3) is 17.7. The third-order valence-electron chi connectivity index (χ3n) is 3.55. The lowest BCUT2D eigenvalue weighted by molar-refractivity contribution is -0.136. The standard InChI is InChI=1S/C14H28O5S.C2H6O2/c1-2-3-4-5-6-7-8-9-10-11-12-13(14(15)16)20(17,18)19;3-1-2-4/h13H,2-12H2,1H3,(H,15,16)(H,17,18,19);3-4H,1-2H2. The highest BCUT2D eigenvalue weighted by Crippen LogP contribution is 2.14. The summed E-state index contributed by atoms with van der Waals surface area (Å²) in [5.74, 6) is -1.47. The van der Waals surface area contributed by atoms with Crippen LogP contribution in [-0.2, 0) is 14.9 Å². The summed E-state index contributed by atoms with van der Waals surface area (Å²) in [7, 11) is -4.47. The van der Waals surface area contributed by atoms with Crippen molar-refractivity contribution in [2.45, 2.75) is 82.8 Å². The number of hydrogen-bond acceptors (Lipinski definition) is 5. The van der Waals surface area contributed by atoms with Crippen molar-refractivity contribution in [3.8, 4) is 0 Å². The van der Waals surface area contributed by atoms with Crippen LogP contribution >= 0.6 is 0 Å². The van der Waals surface area contributed by atoms with Gasteiger partial charge in [0.05, 0.1) is 13.2 Å². The van der Waals surface area contributed by atoms with Gasteiger partial charge in [-0.3, -0.25) is 9.35 Å². The molecule has 0 aliphatic heterocycles. The lowest BCUT2D eigenvalue weighted by Gasteiger charge is -2.08. The number of hydrogen-bond donors (Lipinski definition) is 4. The first-order valence-corrected chi connectivity index (χ1v) is 10.2. The van der Waals surface area contributed by atoms with Crippen molar-refractivity contribution in [2.75, 3.05) is 13.2 Å². The van der Waals surface area contributed by atoms with Gasteiger partial charge in [-0.15, -0.1) is 0 Å². The number of aliphatic hydroxyl groups excluding tert-OH is 2. The number of rotatable bonds is 14. The first kappa shape index (κ1) is 25.5. The molecule has 0 bridgehead atoms. The topological polar surface area (TPSA) is 132 Å². The summed E-state index contributed by atoms with van der Waals surface area (Å²) >= 11 is 0. The minimum absolute atomic E-state index is 0.00926. The smallest absolute Gasteiger partial charge is 0.324 e. The van der Waals surface area contributed by atoms with Gasteiger partial charge in [-0.05, 0) is 6.42 Å². The minimum atomic E-state index is -4.47. The van der Waals surface area contributed by atoms with Crippen LogP contribution in [0.1, 0.15) is 77.6 Å². The lowest BCUT2D eigenvalue weighted by Crippen LogP contribution is -2.29. The fraction of sp³-hybridized carbons (Fsp3) is 0.938. The molecule has 1 atom stereocenters. The Morgan fingerprint density at radius 1 is 0.833 bits per heavy atom. The van der Waals surface area contributed by atoms with Gasteiger partial charge in [-0.1, -0.05) is 71.1 Å². The average molecular weight is 371 g/mol. The van der Waals surface area contributed by atoms with Gasteiger partial charge in [0.25, 0.3) is 10.1 Å². The molecule has 0 heterocycles. The number of aliphatic carboxylic acids is 1. The highest BCUT2D eigenvalue weighted by Gasteiger charge is 2.29. The van der Waals surface area contributed by atoms with E-state index in [4.69, 9.17) is 19.9 Å². The van der Waals surface area contributed by atoms with Crippen molar-refractivity contribution in [1.82, 2.24) is 0 Å². The summed E-state index contributed by atoms with van der Waals surface area (Å²) in [4.78, 5) is 10.7. The molecule has 146 valence electrons. The zero-order valence-corrected chi connectivity index (χ0v) is 15.5. The van der Waals surface area contributed by atoms with E-state index in [0.29, 0.717) is 6.42 Å². The van der Waals surface area contributed by atoms with E-state index < -0.39 is 21.3 Å². The summed E-state index contributed by atoms with van der Waals surface area (Å²) < 4.78 is 30.5. The molecule has 24 heavy (non-hydrogen) atoms. The molecule has 0 aromatic carbocycles.